The lowest BCUT2D eigenvalue weighted by Crippen LogP contribution is -2.03. The second-order valence-corrected chi connectivity index (χ2v) is 4.73. The van der Waals surface area contributed by atoms with E-state index >= 15 is 0 Å². The molecule has 0 spiro atoms. The Bertz CT molecular complexity index is 234. The van der Waals surface area contributed by atoms with Crippen LogP contribution in [0, 0.1) is 5.92 Å². The largest absolute Gasteiger partial charge is 0.295 e. The van der Waals surface area contributed by atoms with Crippen molar-refractivity contribution in [2.75, 3.05) is 0 Å². The van der Waals surface area contributed by atoms with E-state index in [0.29, 0.717) is 5.78 Å². The van der Waals surface area contributed by atoms with Crippen molar-refractivity contribution < 1.29 is 4.79 Å². The Kier molecular flexibility index (Phi) is 3.39. The molecule has 0 amide bonds. The quantitative estimate of drug-likeness (QED) is 0.664. The van der Waals surface area contributed by atoms with Gasteiger partial charge in [0, 0.05) is 6.42 Å². The maximum absolute atomic E-state index is 11.7. The van der Waals surface area contributed by atoms with Gasteiger partial charge in [0.05, 0.1) is 0 Å². The molecule has 14 heavy (non-hydrogen) atoms. The summed E-state index contributed by atoms with van der Waals surface area (Å²) in [6.45, 7) is 0. The van der Waals surface area contributed by atoms with Gasteiger partial charge in [0.25, 0.3) is 0 Å². The van der Waals surface area contributed by atoms with Crippen LogP contribution < -0.4 is 0 Å². The van der Waals surface area contributed by atoms with Crippen molar-refractivity contribution in [3.8, 4) is 0 Å². The summed E-state index contributed by atoms with van der Waals surface area (Å²) in [4.78, 5) is 11.7. The average molecular weight is 192 g/mol. The van der Waals surface area contributed by atoms with Gasteiger partial charge in [0.1, 0.15) is 0 Å². The zero-order valence-corrected chi connectivity index (χ0v) is 8.93. The molecule has 0 aliphatic heterocycles. The minimum absolute atomic E-state index is 0.439. The first-order valence-corrected chi connectivity index (χ1v) is 6.08. The smallest absolute Gasteiger partial charge is 0.158 e. The Labute approximate surface area is 86.6 Å². The molecule has 0 atom stereocenters. The van der Waals surface area contributed by atoms with Crippen LogP contribution in [0.15, 0.2) is 11.6 Å². The highest BCUT2D eigenvalue weighted by Crippen LogP contribution is 2.29. The second-order valence-electron chi connectivity index (χ2n) is 4.73. The van der Waals surface area contributed by atoms with Crippen LogP contribution >= 0.6 is 0 Å². The highest BCUT2D eigenvalue weighted by Gasteiger charge is 2.18. The van der Waals surface area contributed by atoms with Crippen LogP contribution in [0.3, 0.4) is 0 Å². The van der Waals surface area contributed by atoms with E-state index in [1.165, 1.54) is 32.1 Å². The third-order valence-corrected chi connectivity index (χ3v) is 3.65. The van der Waals surface area contributed by atoms with E-state index in [0.717, 1.165) is 37.2 Å². The summed E-state index contributed by atoms with van der Waals surface area (Å²) >= 11 is 0. The topological polar surface area (TPSA) is 17.1 Å². The lowest BCUT2D eigenvalue weighted by atomic mass is 9.97. The van der Waals surface area contributed by atoms with Gasteiger partial charge in [0.15, 0.2) is 5.78 Å². The maximum Gasteiger partial charge on any atom is 0.158 e. The molecular weight excluding hydrogens is 172 g/mol. The third-order valence-electron chi connectivity index (χ3n) is 3.65. The van der Waals surface area contributed by atoms with Crippen LogP contribution in [0.5, 0.6) is 0 Å². The van der Waals surface area contributed by atoms with Gasteiger partial charge in [-0.2, -0.15) is 0 Å². The highest BCUT2D eigenvalue weighted by atomic mass is 16.1. The number of carbonyl (C=O) groups excluding carboxylic acids is 1. The first-order chi connectivity index (χ1) is 6.86. The Morgan fingerprint density at radius 1 is 1.29 bits per heavy atom. The van der Waals surface area contributed by atoms with E-state index in [4.69, 9.17) is 0 Å². The van der Waals surface area contributed by atoms with Crippen molar-refractivity contribution in [2.24, 2.45) is 5.92 Å². The summed E-state index contributed by atoms with van der Waals surface area (Å²) in [6, 6.07) is 0. The van der Waals surface area contributed by atoms with Gasteiger partial charge in [-0.15, -0.1) is 0 Å². The molecular formula is C13H20O. The van der Waals surface area contributed by atoms with Gasteiger partial charge in [-0.25, -0.2) is 0 Å². The molecule has 2 rings (SSSR count). The highest BCUT2D eigenvalue weighted by molar-refractivity contribution is 5.95. The van der Waals surface area contributed by atoms with E-state index in [2.05, 4.69) is 6.08 Å². The Hall–Kier alpha value is -0.590. The number of Topliss-reactive ketones (excluding diaryl/α,β-unsaturated/α-hetero) is 1. The maximum atomic E-state index is 11.7. The van der Waals surface area contributed by atoms with Crippen LogP contribution in [-0.2, 0) is 4.79 Å². The molecule has 0 bridgehead atoms. The SMILES string of the molecule is O=C(CCC1CCCC1)C1=CCCC1. The summed E-state index contributed by atoms with van der Waals surface area (Å²) in [6.07, 6.45) is 13.0. The van der Waals surface area contributed by atoms with Gasteiger partial charge in [-0.1, -0.05) is 31.8 Å². The monoisotopic (exact) mass is 192 g/mol. The van der Waals surface area contributed by atoms with Crippen LogP contribution in [0.1, 0.15) is 57.8 Å². The summed E-state index contributed by atoms with van der Waals surface area (Å²) in [5, 5.41) is 0. The Balaban J connectivity index is 1.71. The number of carbonyl (C=O) groups is 1. The van der Waals surface area contributed by atoms with E-state index in [9.17, 15) is 4.79 Å². The molecule has 0 unspecified atom stereocenters. The van der Waals surface area contributed by atoms with Crippen molar-refractivity contribution in [3.05, 3.63) is 11.6 Å². The average Bonchev–Trinajstić information content (AvgIpc) is 2.87. The van der Waals surface area contributed by atoms with Crippen LogP contribution in [0.25, 0.3) is 0 Å². The van der Waals surface area contributed by atoms with Crippen molar-refractivity contribution in [1.82, 2.24) is 0 Å². The van der Waals surface area contributed by atoms with Gasteiger partial charge in [-0.3, -0.25) is 4.79 Å². The molecule has 0 aromatic rings. The molecule has 0 N–H and O–H groups in total. The molecule has 0 aromatic carbocycles. The molecule has 2 aliphatic rings. The molecule has 1 fully saturated rings. The standard InChI is InChI=1S/C13H20O/c14-13(12-7-3-4-8-12)10-9-11-5-1-2-6-11/h7,11H,1-6,8-10H2. The molecule has 1 saturated carbocycles. The molecule has 1 heteroatoms. The Morgan fingerprint density at radius 3 is 2.71 bits per heavy atom. The van der Waals surface area contributed by atoms with Crippen LogP contribution in [0.2, 0.25) is 0 Å². The van der Waals surface area contributed by atoms with E-state index in [1.807, 2.05) is 0 Å². The molecule has 1 nitrogen and oxygen atoms in total. The second kappa shape index (κ2) is 4.77. The first kappa shape index (κ1) is 9.95. The lowest BCUT2D eigenvalue weighted by molar-refractivity contribution is -0.115. The van der Waals surface area contributed by atoms with Crippen LogP contribution in [-0.4, -0.2) is 5.78 Å². The molecule has 2 aliphatic carbocycles. The zero-order chi connectivity index (χ0) is 9.80. The molecule has 0 saturated heterocycles. The van der Waals surface area contributed by atoms with E-state index < -0.39 is 0 Å². The van der Waals surface area contributed by atoms with E-state index in [-0.39, 0.29) is 0 Å². The van der Waals surface area contributed by atoms with Crippen LogP contribution in [0.4, 0.5) is 0 Å². The fourth-order valence-electron chi connectivity index (χ4n) is 2.72. The fraction of sp³-hybridized carbons (Fsp3) is 0.769. The Morgan fingerprint density at radius 2 is 2.07 bits per heavy atom. The van der Waals surface area contributed by atoms with Crippen molar-refractivity contribution in [2.45, 2.75) is 57.8 Å². The normalized spacial score (nSPS) is 22.7. The molecule has 78 valence electrons. The molecule has 0 aromatic heterocycles. The zero-order valence-electron chi connectivity index (χ0n) is 8.93. The summed E-state index contributed by atoms with van der Waals surface area (Å²) in [5.41, 5.74) is 1.13. The van der Waals surface area contributed by atoms with Gasteiger partial charge >= 0.3 is 0 Å². The predicted octanol–water partition coefficient (Wildman–Crippen LogP) is 3.64. The lowest BCUT2D eigenvalue weighted by Gasteiger charge is -2.07. The summed E-state index contributed by atoms with van der Waals surface area (Å²) in [7, 11) is 0. The minimum Gasteiger partial charge on any atom is -0.295 e. The van der Waals surface area contributed by atoms with Crippen molar-refractivity contribution in [3.63, 3.8) is 0 Å². The van der Waals surface area contributed by atoms with Crippen molar-refractivity contribution >= 4 is 5.78 Å². The number of allylic oxidation sites excluding steroid dienone is 2. The molecule has 0 radical (unpaired) electrons. The predicted molar refractivity (Wildman–Crippen MR) is 58.1 cm³/mol. The minimum atomic E-state index is 0.439. The summed E-state index contributed by atoms with van der Waals surface area (Å²) < 4.78 is 0. The summed E-state index contributed by atoms with van der Waals surface area (Å²) in [5.74, 6) is 1.30. The first-order valence-electron chi connectivity index (χ1n) is 6.08. The number of rotatable bonds is 4. The number of ketones is 1. The fourth-order valence-corrected chi connectivity index (χ4v) is 2.72. The van der Waals surface area contributed by atoms with E-state index in [1.54, 1.807) is 0 Å². The third kappa shape index (κ3) is 2.46. The number of hydrogen-bond acceptors (Lipinski definition) is 1. The van der Waals surface area contributed by atoms with Gasteiger partial charge in [0.2, 0.25) is 0 Å². The number of hydrogen-bond donors (Lipinski definition) is 0. The van der Waals surface area contributed by atoms with Gasteiger partial charge < -0.3 is 0 Å². The molecule has 0 heterocycles. The van der Waals surface area contributed by atoms with Gasteiger partial charge in [-0.05, 0) is 37.2 Å². The van der Waals surface area contributed by atoms with Crippen molar-refractivity contribution in [1.29, 1.82) is 0 Å².